The molecule has 0 bridgehead atoms. The van der Waals surface area contributed by atoms with E-state index < -0.39 is 6.43 Å². The fourth-order valence-electron chi connectivity index (χ4n) is 5.16. The summed E-state index contributed by atoms with van der Waals surface area (Å²) in [6, 6.07) is 5.21. The molecule has 0 spiro atoms. The molecule has 3 aromatic rings. The standard InChI is InChI=1S/C26H25Cl2F2N3O/c1-3-16(26(29)30)18-6-4-5-17-14(2)32(10-9-19(17)18)23(34)11-20-24(28)21(15-7-8-15)13-33-25(20)22(27)12-31-33/h3-6,12-15,26H,7-11H2,1-2H3/b16-3-/t14-/m0/s1. The maximum absolute atomic E-state index is 13.6. The van der Waals surface area contributed by atoms with Gasteiger partial charge in [0.05, 0.1) is 34.2 Å². The van der Waals surface area contributed by atoms with Gasteiger partial charge in [0.1, 0.15) is 0 Å². The summed E-state index contributed by atoms with van der Waals surface area (Å²) in [6.45, 7) is 4.03. The van der Waals surface area contributed by atoms with E-state index in [1.807, 2.05) is 24.1 Å². The van der Waals surface area contributed by atoms with Gasteiger partial charge in [0.2, 0.25) is 5.91 Å². The van der Waals surface area contributed by atoms with Gasteiger partial charge in [-0.05, 0) is 61.3 Å². The summed E-state index contributed by atoms with van der Waals surface area (Å²) < 4.78 is 28.9. The lowest BCUT2D eigenvalue weighted by Gasteiger charge is -2.36. The number of benzene rings is 1. The first-order chi connectivity index (χ1) is 16.3. The van der Waals surface area contributed by atoms with Crippen LogP contribution in [0.3, 0.4) is 0 Å². The molecule has 34 heavy (non-hydrogen) atoms. The van der Waals surface area contributed by atoms with Gasteiger partial charge in [0, 0.05) is 23.9 Å². The average Bonchev–Trinajstić information content (AvgIpc) is 3.59. The molecule has 0 radical (unpaired) electrons. The molecule has 178 valence electrons. The van der Waals surface area contributed by atoms with Crippen LogP contribution in [0.1, 0.15) is 66.5 Å². The van der Waals surface area contributed by atoms with Gasteiger partial charge in [-0.25, -0.2) is 13.3 Å². The Morgan fingerprint density at radius 1 is 1.26 bits per heavy atom. The van der Waals surface area contributed by atoms with E-state index in [4.69, 9.17) is 23.2 Å². The Balaban J connectivity index is 1.48. The van der Waals surface area contributed by atoms with Crippen LogP contribution in [-0.2, 0) is 17.6 Å². The molecular weight excluding hydrogens is 479 g/mol. The molecule has 0 saturated heterocycles. The molecular formula is C26H25Cl2F2N3O. The topological polar surface area (TPSA) is 37.6 Å². The van der Waals surface area contributed by atoms with Crippen molar-refractivity contribution in [2.75, 3.05) is 6.54 Å². The summed E-state index contributed by atoms with van der Waals surface area (Å²) in [5.41, 5.74) is 4.76. The summed E-state index contributed by atoms with van der Waals surface area (Å²) in [5, 5.41) is 5.39. The predicted molar refractivity (Wildman–Crippen MR) is 131 cm³/mol. The van der Waals surface area contributed by atoms with Gasteiger partial charge in [-0.15, -0.1) is 0 Å². The Labute approximate surface area is 207 Å². The van der Waals surface area contributed by atoms with Crippen molar-refractivity contribution in [1.29, 1.82) is 0 Å². The van der Waals surface area contributed by atoms with Crippen LogP contribution >= 0.6 is 23.2 Å². The number of nitrogens with zero attached hydrogens (tertiary/aromatic N) is 3. The second-order valence-electron chi connectivity index (χ2n) is 9.04. The Kier molecular flexibility index (Phi) is 6.15. The highest BCUT2D eigenvalue weighted by molar-refractivity contribution is 6.36. The quantitative estimate of drug-likeness (QED) is 0.380. The molecule has 1 aliphatic heterocycles. The third-order valence-electron chi connectivity index (χ3n) is 7.07. The van der Waals surface area contributed by atoms with E-state index >= 15 is 0 Å². The fourth-order valence-corrected chi connectivity index (χ4v) is 5.76. The SMILES string of the molecule is C/C=C(/c1cccc2c1CCN(C(=O)Cc1c(Cl)c(C3CC3)cn3ncc(Cl)c13)[C@H]2C)C(F)F. The van der Waals surface area contributed by atoms with Crippen molar-refractivity contribution >= 4 is 40.2 Å². The third-order valence-corrected chi connectivity index (χ3v) is 7.79. The molecule has 2 aliphatic rings. The lowest BCUT2D eigenvalue weighted by Crippen LogP contribution is -2.40. The van der Waals surface area contributed by atoms with Gasteiger partial charge < -0.3 is 4.90 Å². The molecule has 1 aromatic carbocycles. The molecule has 1 fully saturated rings. The zero-order chi connectivity index (χ0) is 24.1. The van der Waals surface area contributed by atoms with Crippen molar-refractivity contribution in [3.63, 3.8) is 0 Å². The van der Waals surface area contributed by atoms with Gasteiger partial charge in [0.15, 0.2) is 0 Å². The Hall–Kier alpha value is -2.44. The molecule has 0 N–H and O–H groups in total. The number of allylic oxidation sites excluding steroid dienone is 2. The third kappa shape index (κ3) is 3.91. The molecule has 1 saturated carbocycles. The minimum atomic E-state index is -2.55. The molecule has 5 rings (SSSR count). The van der Waals surface area contributed by atoms with E-state index in [1.165, 1.54) is 6.08 Å². The molecule has 1 aliphatic carbocycles. The van der Waals surface area contributed by atoms with Crippen molar-refractivity contribution in [3.05, 3.63) is 74.5 Å². The highest BCUT2D eigenvalue weighted by Crippen LogP contribution is 2.45. The van der Waals surface area contributed by atoms with E-state index in [2.05, 4.69) is 5.10 Å². The normalized spacial score (nSPS) is 18.6. The number of halogens is 4. The number of carbonyl (C=O) groups is 1. The van der Waals surface area contributed by atoms with Gasteiger partial charge >= 0.3 is 0 Å². The second-order valence-corrected chi connectivity index (χ2v) is 9.83. The number of amides is 1. The van der Waals surface area contributed by atoms with Crippen LogP contribution < -0.4 is 0 Å². The van der Waals surface area contributed by atoms with Crippen LogP contribution in [0.25, 0.3) is 11.1 Å². The Bertz CT molecular complexity index is 1310. The van der Waals surface area contributed by atoms with E-state index in [0.717, 1.165) is 29.5 Å². The van der Waals surface area contributed by atoms with Crippen LogP contribution in [0.15, 0.2) is 36.7 Å². The summed E-state index contributed by atoms with van der Waals surface area (Å²) in [6.07, 6.45) is 5.17. The smallest absolute Gasteiger partial charge is 0.264 e. The maximum atomic E-state index is 13.6. The molecule has 4 nitrogen and oxygen atoms in total. The van der Waals surface area contributed by atoms with Crippen molar-refractivity contribution < 1.29 is 13.6 Å². The zero-order valence-electron chi connectivity index (χ0n) is 19.0. The number of fused-ring (bicyclic) bond motifs is 2. The maximum Gasteiger partial charge on any atom is 0.264 e. The molecule has 2 aromatic heterocycles. The van der Waals surface area contributed by atoms with E-state index in [1.54, 1.807) is 29.8 Å². The summed E-state index contributed by atoms with van der Waals surface area (Å²) in [4.78, 5) is 15.4. The molecule has 8 heteroatoms. The van der Waals surface area contributed by atoms with Crippen molar-refractivity contribution in [2.45, 2.75) is 57.9 Å². The number of hydrogen-bond acceptors (Lipinski definition) is 2. The first-order valence-electron chi connectivity index (χ1n) is 11.5. The number of hydrogen-bond donors (Lipinski definition) is 0. The number of pyridine rings is 1. The lowest BCUT2D eigenvalue weighted by atomic mass is 9.86. The monoisotopic (exact) mass is 503 g/mol. The van der Waals surface area contributed by atoms with Crippen LogP contribution in [0.2, 0.25) is 10.0 Å². The number of rotatable bonds is 5. The van der Waals surface area contributed by atoms with Crippen LogP contribution in [0.5, 0.6) is 0 Å². The predicted octanol–water partition coefficient (Wildman–Crippen LogP) is 6.88. The molecule has 1 amide bonds. The van der Waals surface area contributed by atoms with Crippen LogP contribution in [-0.4, -0.2) is 33.4 Å². The van der Waals surface area contributed by atoms with Crippen molar-refractivity contribution in [3.8, 4) is 0 Å². The largest absolute Gasteiger partial charge is 0.335 e. The second kappa shape index (κ2) is 8.97. The van der Waals surface area contributed by atoms with E-state index in [9.17, 15) is 13.6 Å². The van der Waals surface area contributed by atoms with Gasteiger partial charge in [-0.1, -0.05) is 47.5 Å². The molecule has 1 atom stereocenters. The highest BCUT2D eigenvalue weighted by Gasteiger charge is 2.33. The van der Waals surface area contributed by atoms with Crippen LogP contribution in [0, 0.1) is 0 Å². The van der Waals surface area contributed by atoms with Gasteiger partial charge in [-0.3, -0.25) is 4.79 Å². The van der Waals surface area contributed by atoms with Crippen LogP contribution in [0.4, 0.5) is 8.78 Å². The molecule has 3 heterocycles. The minimum Gasteiger partial charge on any atom is -0.335 e. The van der Waals surface area contributed by atoms with E-state index in [0.29, 0.717) is 45.6 Å². The summed E-state index contributed by atoms with van der Waals surface area (Å²) >= 11 is 13.2. The first-order valence-corrected chi connectivity index (χ1v) is 12.3. The number of aromatic nitrogens is 2. The van der Waals surface area contributed by atoms with Crippen molar-refractivity contribution in [2.24, 2.45) is 0 Å². The Morgan fingerprint density at radius 2 is 2.03 bits per heavy atom. The Morgan fingerprint density at radius 3 is 2.71 bits per heavy atom. The van der Waals surface area contributed by atoms with Gasteiger partial charge in [-0.2, -0.15) is 5.10 Å². The summed E-state index contributed by atoms with van der Waals surface area (Å²) in [5.74, 6) is 0.321. The minimum absolute atomic E-state index is 0.0327. The fraction of sp³-hybridized carbons (Fsp3) is 0.385. The lowest BCUT2D eigenvalue weighted by molar-refractivity contribution is -0.133. The first kappa shape index (κ1) is 23.3. The zero-order valence-corrected chi connectivity index (χ0v) is 20.5. The number of carbonyl (C=O) groups excluding carboxylic acids is 1. The average molecular weight is 504 g/mol. The number of alkyl halides is 2. The van der Waals surface area contributed by atoms with E-state index in [-0.39, 0.29) is 23.9 Å². The molecule has 0 unspecified atom stereocenters. The van der Waals surface area contributed by atoms with Crippen molar-refractivity contribution in [1.82, 2.24) is 14.5 Å². The van der Waals surface area contributed by atoms with Gasteiger partial charge in [0.25, 0.3) is 6.43 Å². The summed E-state index contributed by atoms with van der Waals surface area (Å²) in [7, 11) is 0. The highest BCUT2D eigenvalue weighted by atomic mass is 35.5.